The number of nitrogens with one attached hydrogen (secondary N) is 1. The third-order valence-electron chi connectivity index (χ3n) is 3.27. The number of anilines is 1. The summed E-state index contributed by atoms with van der Waals surface area (Å²) in [7, 11) is 1.52. The monoisotopic (exact) mass is 362 g/mol. The normalized spacial score (nSPS) is 11.1. The minimum Gasteiger partial charge on any atom is -0.495 e. The van der Waals surface area contributed by atoms with Crippen molar-refractivity contribution in [2.24, 2.45) is 0 Å². The van der Waals surface area contributed by atoms with Gasteiger partial charge < -0.3 is 10.1 Å². The number of hydrogen-bond donors (Lipinski definition) is 1. The van der Waals surface area contributed by atoms with Crippen LogP contribution in [0.3, 0.4) is 0 Å². The van der Waals surface area contributed by atoms with Gasteiger partial charge >= 0.3 is 0 Å². The lowest BCUT2D eigenvalue weighted by atomic mass is 10.1. The van der Waals surface area contributed by atoms with Gasteiger partial charge in [0.05, 0.1) is 12.8 Å². The van der Waals surface area contributed by atoms with E-state index in [-0.39, 0.29) is 18.1 Å². The first-order valence-corrected chi connectivity index (χ1v) is 8.59. The van der Waals surface area contributed by atoms with Crippen LogP contribution in [0.15, 0.2) is 23.6 Å². The quantitative estimate of drug-likeness (QED) is 0.883. The molecule has 0 spiro atoms. The largest absolute Gasteiger partial charge is 0.495 e. The Hall–Kier alpha value is -2.48. The van der Waals surface area contributed by atoms with Crippen molar-refractivity contribution in [2.45, 2.75) is 33.2 Å². The number of aromatic nitrogens is 2. The van der Waals surface area contributed by atoms with Crippen molar-refractivity contribution in [1.29, 1.82) is 0 Å². The molecule has 0 aliphatic rings. The molecule has 0 aliphatic carbocycles. The molecule has 0 saturated carbocycles. The molecule has 1 aromatic carbocycles. The van der Waals surface area contributed by atoms with Gasteiger partial charge in [-0.1, -0.05) is 10.6 Å². The molecule has 25 heavy (non-hydrogen) atoms. The molecule has 0 fully saturated rings. The van der Waals surface area contributed by atoms with Gasteiger partial charge in [0.25, 0.3) is 5.91 Å². The summed E-state index contributed by atoms with van der Waals surface area (Å²) in [6.45, 7) is 7.41. The van der Waals surface area contributed by atoms with E-state index in [2.05, 4.69) is 14.9 Å². The maximum Gasteiger partial charge on any atom is 0.280 e. The molecule has 7 nitrogen and oxygen atoms in total. The fourth-order valence-electron chi connectivity index (χ4n) is 2.27. The number of nitrogens with zero attached hydrogens (tertiary/aromatic N) is 3. The number of aryl methyl sites for hydroxylation is 1. The first-order valence-electron chi connectivity index (χ1n) is 7.76. The van der Waals surface area contributed by atoms with Gasteiger partial charge in [0.1, 0.15) is 12.3 Å². The molecule has 0 aliphatic heterocycles. The highest BCUT2D eigenvalue weighted by Crippen LogP contribution is 2.30. The number of hydrogen-bond acceptors (Lipinski definition) is 6. The predicted octanol–water partition coefficient (Wildman–Crippen LogP) is 2.42. The molecule has 0 unspecified atom stereocenters. The highest BCUT2D eigenvalue weighted by molar-refractivity contribution is 7.03. The van der Waals surface area contributed by atoms with Gasteiger partial charge in [-0.2, -0.15) is 0 Å². The van der Waals surface area contributed by atoms with Gasteiger partial charge in [-0.15, -0.1) is 5.10 Å². The van der Waals surface area contributed by atoms with E-state index >= 15 is 0 Å². The minimum absolute atomic E-state index is 0.145. The molecule has 0 atom stereocenters. The van der Waals surface area contributed by atoms with Crippen molar-refractivity contribution < 1.29 is 14.3 Å². The van der Waals surface area contributed by atoms with Crippen LogP contribution in [0.1, 0.15) is 36.8 Å². The van der Waals surface area contributed by atoms with Gasteiger partial charge in [-0.25, -0.2) is 0 Å². The summed E-state index contributed by atoms with van der Waals surface area (Å²) in [5.74, 6) is -0.167. The summed E-state index contributed by atoms with van der Waals surface area (Å²) in [5.41, 5.74) is 1.26. The van der Waals surface area contributed by atoms with Gasteiger partial charge in [0, 0.05) is 10.9 Å². The molecule has 2 amide bonds. The number of methoxy groups -OCH3 is 1. The average molecular weight is 362 g/mol. The molecule has 2 rings (SSSR count). The molecule has 8 heteroatoms. The van der Waals surface area contributed by atoms with E-state index in [4.69, 9.17) is 4.74 Å². The van der Waals surface area contributed by atoms with Crippen LogP contribution in [0, 0.1) is 6.92 Å². The SMILES string of the molecule is COc1ccc(C)cc1N(CC(=O)NC(C)(C)C)C(=O)c1csnn1. The van der Waals surface area contributed by atoms with Crippen LogP contribution in [0.5, 0.6) is 5.75 Å². The van der Waals surface area contributed by atoms with Crippen molar-refractivity contribution in [3.05, 3.63) is 34.8 Å². The van der Waals surface area contributed by atoms with E-state index in [0.717, 1.165) is 17.1 Å². The second-order valence-corrected chi connectivity index (χ2v) is 7.26. The highest BCUT2D eigenvalue weighted by atomic mass is 32.1. The Bertz CT molecular complexity index is 754. The first kappa shape index (κ1) is 18.9. The Morgan fingerprint density at radius 1 is 1.32 bits per heavy atom. The Balaban J connectivity index is 2.41. The summed E-state index contributed by atoms with van der Waals surface area (Å²) < 4.78 is 9.10. The predicted molar refractivity (Wildman–Crippen MR) is 97.2 cm³/mol. The van der Waals surface area contributed by atoms with E-state index in [1.807, 2.05) is 33.8 Å². The summed E-state index contributed by atoms with van der Waals surface area (Å²) >= 11 is 1.08. The molecular formula is C17H22N4O3S. The van der Waals surface area contributed by atoms with Crippen LogP contribution < -0.4 is 15.0 Å². The molecule has 0 bridgehead atoms. The second kappa shape index (κ2) is 7.60. The molecule has 1 aromatic heterocycles. The van der Waals surface area contributed by atoms with Crippen LogP contribution in [0.25, 0.3) is 0 Å². The van der Waals surface area contributed by atoms with Crippen LogP contribution in [0.2, 0.25) is 0 Å². The van der Waals surface area contributed by atoms with Gasteiger partial charge in [0.2, 0.25) is 5.91 Å². The first-order chi connectivity index (χ1) is 11.7. The minimum atomic E-state index is -0.401. The van der Waals surface area contributed by atoms with Crippen molar-refractivity contribution in [1.82, 2.24) is 14.9 Å². The number of ether oxygens (including phenoxy) is 1. The zero-order valence-corrected chi connectivity index (χ0v) is 15.8. The lowest BCUT2D eigenvalue weighted by Gasteiger charge is -2.26. The number of amides is 2. The van der Waals surface area contributed by atoms with Gasteiger partial charge in [-0.05, 0) is 56.9 Å². The summed E-state index contributed by atoms with van der Waals surface area (Å²) in [6.07, 6.45) is 0. The third kappa shape index (κ3) is 4.99. The van der Waals surface area contributed by atoms with Gasteiger partial charge in [0.15, 0.2) is 5.69 Å². The number of carbonyl (C=O) groups is 2. The lowest BCUT2D eigenvalue weighted by Crippen LogP contribution is -2.47. The molecular weight excluding hydrogens is 340 g/mol. The summed E-state index contributed by atoms with van der Waals surface area (Å²) in [4.78, 5) is 26.7. The fourth-order valence-corrected chi connectivity index (χ4v) is 2.70. The zero-order chi connectivity index (χ0) is 18.6. The smallest absolute Gasteiger partial charge is 0.280 e. The lowest BCUT2D eigenvalue weighted by molar-refractivity contribution is -0.121. The average Bonchev–Trinajstić information content (AvgIpc) is 3.04. The Labute approximate surface area is 151 Å². The topological polar surface area (TPSA) is 84.4 Å². The van der Waals surface area contributed by atoms with E-state index in [1.165, 1.54) is 12.0 Å². The van der Waals surface area contributed by atoms with Crippen molar-refractivity contribution >= 4 is 29.0 Å². The summed E-state index contributed by atoms with van der Waals surface area (Å²) in [5, 5.41) is 8.25. The van der Waals surface area contributed by atoms with E-state index in [0.29, 0.717) is 11.4 Å². The molecule has 0 radical (unpaired) electrons. The van der Waals surface area contributed by atoms with Crippen LogP contribution in [-0.4, -0.2) is 40.6 Å². The zero-order valence-electron chi connectivity index (χ0n) is 15.0. The van der Waals surface area contributed by atoms with Crippen LogP contribution in [0.4, 0.5) is 5.69 Å². The fraction of sp³-hybridized carbons (Fsp3) is 0.412. The summed E-state index contributed by atoms with van der Waals surface area (Å²) in [6, 6.07) is 5.46. The Kier molecular flexibility index (Phi) is 5.73. The molecule has 134 valence electrons. The van der Waals surface area contributed by atoms with Crippen LogP contribution >= 0.6 is 11.5 Å². The number of benzene rings is 1. The van der Waals surface area contributed by atoms with E-state index < -0.39 is 11.4 Å². The van der Waals surface area contributed by atoms with Crippen molar-refractivity contribution in [3.8, 4) is 5.75 Å². The Morgan fingerprint density at radius 3 is 2.60 bits per heavy atom. The van der Waals surface area contributed by atoms with E-state index in [9.17, 15) is 9.59 Å². The molecule has 1 heterocycles. The molecule has 1 N–H and O–H groups in total. The van der Waals surface area contributed by atoms with E-state index in [1.54, 1.807) is 17.5 Å². The van der Waals surface area contributed by atoms with Crippen molar-refractivity contribution in [3.63, 3.8) is 0 Å². The molecule has 2 aromatic rings. The number of carbonyl (C=O) groups excluding carboxylic acids is 2. The second-order valence-electron chi connectivity index (χ2n) is 6.65. The Morgan fingerprint density at radius 2 is 2.04 bits per heavy atom. The van der Waals surface area contributed by atoms with Crippen molar-refractivity contribution in [2.75, 3.05) is 18.6 Å². The maximum atomic E-state index is 12.9. The standard InChI is InChI=1S/C17H22N4O3S/c1-11-6-7-14(24-5)13(8-11)21(9-15(22)18-17(2,3)4)16(23)12-10-25-20-19-12/h6-8,10H,9H2,1-5H3,(H,18,22). The number of rotatable bonds is 5. The van der Waals surface area contributed by atoms with Crippen LogP contribution in [-0.2, 0) is 4.79 Å². The highest BCUT2D eigenvalue weighted by Gasteiger charge is 2.26. The maximum absolute atomic E-state index is 12.9. The van der Waals surface area contributed by atoms with Gasteiger partial charge in [-0.3, -0.25) is 14.5 Å². The molecule has 0 saturated heterocycles. The third-order valence-corrected chi connectivity index (χ3v) is 3.77.